The third kappa shape index (κ3) is 5.74. The van der Waals surface area contributed by atoms with Gasteiger partial charge in [-0.05, 0) is 41.0 Å². The molecule has 1 atom stereocenters. The van der Waals surface area contributed by atoms with Crippen molar-refractivity contribution in [2.45, 2.75) is 52.0 Å². The predicted octanol–water partition coefficient (Wildman–Crippen LogP) is 5.03. The average Bonchev–Trinajstić information content (AvgIpc) is 3.14. The predicted molar refractivity (Wildman–Crippen MR) is 140 cm³/mol. The van der Waals surface area contributed by atoms with E-state index in [4.69, 9.17) is 4.74 Å². The van der Waals surface area contributed by atoms with Crippen molar-refractivity contribution in [2.24, 2.45) is 10.4 Å². The summed E-state index contributed by atoms with van der Waals surface area (Å²) in [7, 11) is 0. The summed E-state index contributed by atoms with van der Waals surface area (Å²) in [6.07, 6.45) is -0.0656. The fourth-order valence-electron chi connectivity index (χ4n) is 5.20. The molecule has 2 aromatic carbocycles. The van der Waals surface area contributed by atoms with Crippen LogP contribution in [-0.2, 0) is 14.3 Å². The number of amides is 1. The smallest absolute Gasteiger partial charge is 0.407 e. The van der Waals surface area contributed by atoms with Gasteiger partial charge in [-0.25, -0.2) is 9.59 Å². The van der Waals surface area contributed by atoms with Crippen LogP contribution in [0.25, 0.3) is 11.1 Å². The highest BCUT2D eigenvalue weighted by Gasteiger charge is 2.34. The summed E-state index contributed by atoms with van der Waals surface area (Å²) in [4.78, 5) is 40.9. The number of hydrogen-bond donors (Lipinski definition) is 3. The Morgan fingerprint density at radius 1 is 1.08 bits per heavy atom. The van der Waals surface area contributed by atoms with Crippen LogP contribution in [0.1, 0.15) is 57.1 Å². The number of aliphatic hydroxyl groups excluding tert-OH is 1. The van der Waals surface area contributed by atoms with Gasteiger partial charge in [0.15, 0.2) is 5.78 Å². The Bertz CT molecular complexity index is 1250. The number of fused-ring (bicyclic) bond motifs is 3. The third-order valence-corrected chi connectivity index (χ3v) is 6.88. The molecule has 2 aromatic rings. The van der Waals surface area contributed by atoms with Gasteiger partial charge < -0.3 is 20.3 Å². The first kappa shape index (κ1) is 26.1. The number of aliphatic carboxylic acids is 1. The second-order valence-electron chi connectivity index (χ2n) is 10.4. The number of carboxylic acid groups (broad SMARTS) is 1. The highest BCUT2D eigenvalue weighted by molar-refractivity contribution is 6.22. The van der Waals surface area contributed by atoms with Crippen molar-refractivity contribution in [3.05, 3.63) is 71.0 Å². The van der Waals surface area contributed by atoms with Crippen LogP contribution in [0.15, 0.2) is 64.9 Å². The first-order valence-corrected chi connectivity index (χ1v) is 12.4. The summed E-state index contributed by atoms with van der Waals surface area (Å²) in [6, 6.07) is 14.9. The monoisotopic (exact) mass is 504 g/mol. The topological polar surface area (TPSA) is 125 Å². The molecule has 0 saturated heterocycles. The Kier molecular flexibility index (Phi) is 7.47. The first-order chi connectivity index (χ1) is 17.6. The Morgan fingerprint density at radius 2 is 1.68 bits per heavy atom. The van der Waals surface area contributed by atoms with Crippen LogP contribution in [0, 0.1) is 5.41 Å². The van der Waals surface area contributed by atoms with Crippen LogP contribution >= 0.6 is 0 Å². The maximum absolute atomic E-state index is 12.5. The molecule has 1 amide bonds. The summed E-state index contributed by atoms with van der Waals surface area (Å²) in [5, 5.41) is 22.6. The highest BCUT2D eigenvalue weighted by atomic mass is 16.5. The number of nitrogens with zero attached hydrogens (tertiary/aromatic N) is 1. The van der Waals surface area contributed by atoms with Crippen molar-refractivity contribution in [3.63, 3.8) is 0 Å². The molecule has 0 heterocycles. The molecule has 0 spiro atoms. The zero-order valence-electron chi connectivity index (χ0n) is 21.3. The van der Waals surface area contributed by atoms with Crippen molar-refractivity contribution in [2.75, 3.05) is 13.2 Å². The number of ketones is 1. The number of hydrogen-bond acceptors (Lipinski definition) is 6. The van der Waals surface area contributed by atoms with E-state index in [0.717, 1.165) is 22.3 Å². The number of aliphatic hydroxyl groups is 1. The summed E-state index contributed by atoms with van der Waals surface area (Å²) >= 11 is 0. The van der Waals surface area contributed by atoms with E-state index >= 15 is 0 Å². The number of allylic oxidation sites excluding steroid dienone is 2. The molecule has 2 aliphatic carbocycles. The zero-order valence-corrected chi connectivity index (χ0v) is 21.3. The van der Waals surface area contributed by atoms with Crippen LogP contribution in [0.3, 0.4) is 0 Å². The summed E-state index contributed by atoms with van der Waals surface area (Å²) in [5.74, 6) is -1.58. The lowest BCUT2D eigenvalue weighted by atomic mass is 9.76. The molecule has 0 radical (unpaired) electrons. The number of carboxylic acids is 1. The van der Waals surface area contributed by atoms with Gasteiger partial charge in [0.25, 0.3) is 0 Å². The number of alkyl carbamates (subject to hydrolysis) is 1. The van der Waals surface area contributed by atoms with Gasteiger partial charge >= 0.3 is 12.1 Å². The lowest BCUT2D eigenvalue weighted by Gasteiger charge is -2.29. The van der Waals surface area contributed by atoms with Gasteiger partial charge in [-0.15, -0.1) is 0 Å². The molecule has 3 N–H and O–H groups in total. The molecule has 0 unspecified atom stereocenters. The zero-order chi connectivity index (χ0) is 26.7. The van der Waals surface area contributed by atoms with Gasteiger partial charge in [0.05, 0.1) is 5.57 Å². The van der Waals surface area contributed by atoms with Crippen LogP contribution < -0.4 is 5.32 Å². The number of carbonyl (C=O) groups is 3. The lowest BCUT2D eigenvalue weighted by molar-refractivity contribution is -0.138. The van der Waals surface area contributed by atoms with Crippen LogP contribution in [0.4, 0.5) is 4.79 Å². The van der Waals surface area contributed by atoms with Gasteiger partial charge in [-0.2, -0.15) is 0 Å². The van der Waals surface area contributed by atoms with E-state index in [1.165, 1.54) is 6.92 Å². The summed E-state index contributed by atoms with van der Waals surface area (Å²) in [5.41, 5.74) is 4.39. The van der Waals surface area contributed by atoms with Crippen molar-refractivity contribution < 1.29 is 29.3 Å². The molecule has 8 heteroatoms. The highest BCUT2D eigenvalue weighted by Crippen LogP contribution is 2.44. The van der Waals surface area contributed by atoms with E-state index < -0.39 is 18.1 Å². The molecule has 4 rings (SSSR count). The van der Waals surface area contributed by atoms with Gasteiger partial charge in [-0.1, -0.05) is 62.4 Å². The normalized spacial score (nSPS) is 17.7. The molecule has 2 aliphatic rings. The van der Waals surface area contributed by atoms with E-state index in [0.29, 0.717) is 6.42 Å². The Morgan fingerprint density at radius 3 is 2.24 bits per heavy atom. The van der Waals surface area contributed by atoms with E-state index in [1.54, 1.807) is 0 Å². The van der Waals surface area contributed by atoms with Crippen molar-refractivity contribution in [1.29, 1.82) is 0 Å². The Hall–Kier alpha value is -3.94. The largest absolute Gasteiger partial charge is 0.511 e. The van der Waals surface area contributed by atoms with Crippen LogP contribution in [0.5, 0.6) is 0 Å². The standard InChI is InChI=1S/C29H32N2O6/c1-17(26-24(32)14-29(2,3)15-25(26)33)31-23(27(34)35)12-13-30-28(36)37-16-22-20-10-6-4-8-18(20)19-9-5-7-11-21(19)22/h4-11,22-23,32H,12-16H2,1-3H3,(H,30,36)(H,34,35)/t23-/m1/s1. The second kappa shape index (κ2) is 10.6. The minimum Gasteiger partial charge on any atom is -0.511 e. The molecule has 37 heavy (non-hydrogen) atoms. The number of ether oxygens (including phenoxy) is 1. The van der Waals surface area contributed by atoms with Gasteiger partial charge in [0.2, 0.25) is 0 Å². The number of carbonyl (C=O) groups excluding carboxylic acids is 2. The van der Waals surface area contributed by atoms with E-state index in [-0.39, 0.29) is 60.2 Å². The molecule has 0 fully saturated rings. The Balaban J connectivity index is 1.34. The minimum atomic E-state index is -1.18. The lowest BCUT2D eigenvalue weighted by Crippen LogP contribution is -2.32. The van der Waals surface area contributed by atoms with Crippen molar-refractivity contribution in [1.82, 2.24) is 5.32 Å². The number of aliphatic imine (C=N–C) groups is 1. The number of nitrogens with one attached hydrogen (secondary N) is 1. The van der Waals surface area contributed by atoms with Crippen molar-refractivity contribution >= 4 is 23.6 Å². The maximum atomic E-state index is 12.5. The van der Waals surface area contributed by atoms with Crippen molar-refractivity contribution in [3.8, 4) is 11.1 Å². The summed E-state index contributed by atoms with van der Waals surface area (Å²) < 4.78 is 5.49. The van der Waals surface area contributed by atoms with Gasteiger partial charge in [0, 0.05) is 31.0 Å². The van der Waals surface area contributed by atoms with E-state index in [9.17, 15) is 24.6 Å². The van der Waals surface area contributed by atoms with Gasteiger partial charge in [-0.3, -0.25) is 9.79 Å². The number of benzene rings is 2. The molecule has 194 valence electrons. The van der Waals surface area contributed by atoms with Crippen LogP contribution in [-0.4, -0.2) is 53.0 Å². The maximum Gasteiger partial charge on any atom is 0.407 e. The molecule has 0 aliphatic heterocycles. The molecular formula is C29H32N2O6. The fraction of sp³-hybridized carbons (Fsp3) is 0.379. The number of Topliss-reactive ketones (excluding diaryl/α,β-unsaturated/α-hetero) is 1. The molecule has 0 aromatic heterocycles. The van der Waals surface area contributed by atoms with E-state index in [2.05, 4.69) is 22.4 Å². The molecular weight excluding hydrogens is 472 g/mol. The van der Waals surface area contributed by atoms with Gasteiger partial charge in [0.1, 0.15) is 18.4 Å². The second-order valence-corrected chi connectivity index (χ2v) is 10.4. The quantitative estimate of drug-likeness (QED) is 0.433. The fourth-order valence-corrected chi connectivity index (χ4v) is 5.20. The van der Waals surface area contributed by atoms with E-state index in [1.807, 2.05) is 50.2 Å². The first-order valence-electron chi connectivity index (χ1n) is 12.4. The molecule has 0 bridgehead atoms. The summed E-state index contributed by atoms with van der Waals surface area (Å²) in [6.45, 7) is 5.48. The minimum absolute atomic E-state index is 0.00456. The average molecular weight is 505 g/mol. The molecule has 8 nitrogen and oxygen atoms in total. The molecule has 0 saturated carbocycles. The van der Waals surface area contributed by atoms with Crippen LogP contribution in [0.2, 0.25) is 0 Å². The third-order valence-electron chi connectivity index (χ3n) is 6.88. The Labute approximate surface area is 216 Å². The SMILES string of the molecule is CC(=N[C@H](CCNC(=O)OCC1c2ccccc2-c2ccccc21)C(=O)O)C1=C(O)CC(C)(C)CC1=O. The number of rotatable bonds is 8.